The van der Waals surface area contributed by atoms with E-state index in [0.717, 1.165) is 34.2 Å². The van der Waals surface area contributed by atoms with Crippen molar-refractivity contribution in [3.8, 4) is 0 Å². The topological polar surface area (TPSA) is 29.1 Å². The van der Waals surface area contributed by atoms with Crippen molar-refractivity contribution >= 4 is 35.0 Å². The number of rotatable bonds is 4. The van der Waals surface area contributed by atoms with E-state index in [1.54, 1.807) is 0 Å². The molecule has 0 bridgehead atoms. The summed E-state index contributed by atoms with van der Waals surface area (Å²) in [5.74, 6) is -0.336. The maximum Gasteiger partial charge on any atom is 0.416 e. The van der Waals surface area contributed by atoms with Gasteiger partial charge in [-0.3, -0.25) is 4.79 Å². The van der Waals surface area contributed by atoms with Gasteiger partial charge < -0.3 is 5.32 Å². The maximum atomic E-state index is 12.7. The molecule has 0 heterocycles. The minimum atomic E-state index is -4.49. The number of anilines is 1. The highest BCUT2D eigenvalue weighted by atomic mass is 35.5. The van der Waals surface area contributed by atoms with E-state index in [2.05, 4.69) is 5.32 Å². The molecule has 0 saturated carbocycles. The van der Waals surface area contributed by atoms with E-state index >= 15 is 0 Å². The van der Waals surface area contributed by atoms with Gasteiger partial charge >= 0.3 is 6.18 Å². The second-order valence-electron chi connectivity index (χ2n) is 5.30. The Morgan fingerprint density at radius 3 is 2.50 bits per heavy atom. The van der Waals surface area contributed by atoms with Gasteiger partial charge in [0.2, 0.25) is 5.91 Å². The molecule has 2 nitrogen and oxygen atoms in total. The summed E-state index contributed by atoms with van der Waals surface area (Å²) in [7, 11) is 0. The zero-order chi connectivity index (χ0) is 17.9. The average molecular weight is 374 g/mol. The van der Waals surface area contributed by atoms with Crippen LogP contribution in [0.15, 0.2) is 41.3 Å². The monoisotopic (exact) mass is 373 g/mol. The lowest BCUT2D eigenvalue weighted by molar-refractivity contribution is -0.137. The molecule has 0 radical (unpaired) electrons. The molecule has 0 spiro atoms. The fourth-order valence-electron chi connectivity index (χ4n) is 2.09. The van der Waals surface area contributed by atoms with Gasteiger partial charge in [0.05, 0.1) is 22.0 Å². The molecule has 1 amide bonds. The van der Waals surface area contributed by atoms with E-state index in [-0.39, 0.29) is 16.5 Å². The minimum absolute atomic E-state index is 0.0438. The fourth-order valence-corrected chi connectivity index (χ4v) is 3.06. The predicted molar refractivity (Wildman–Crippen MR) is 91.7 cm³/mol. The van der Waals surface area contributed by atoms with Gasteiger partial charge in [-0.15, -0.1) is 11.8 Å². The Morgan fingerprint density at radius 1 is 1.17 bits per heavy atom. The van der Waals surface area contributed by atoms with Crippen LogP contribution in [-0.2, 0) is 11.0 Å². The Balaban J connectivity index is 2.04. The number of thioether (sulfide) groups is 1. The Bertz CT molecular complexity index is 762. The molecule has 0 aromatic heterocycles. The first-order valence-electron chi connectivity index (χ1n) is 7.03. The average Bonchev–Trinajstić information content (AvgIpc) is 2.47. The van der Waals surface area contributed by atoms with Crippen molar-refractivity contribution in [2.75, 3.05) is 11.1 Å². The Morgan fingerprint density at radius 2 is 1.88 bits per heavy atom. The van der Waals surface area contributed by atoms with E-state index in [1.807, 2.05) is 32.0 Å². The third kappa shape index (κ3) is 4.92. The van der Waals surface area contributed by atoms with Crippen LogP contribution in [0.1, 0.15) is 16.7 Å². The van der Waals surface area contributed by atoms with Crippen LogP contribution in [0, 0.1) is 13.8 Å². The highest BCUT2D eigenvalue weighted by Gasteiger charge is 2.31. The summed E-state index contributed by atoms with van der Waals surface area (Å²) in [6.45, 7) is 3.92. The molecule has 128 valence electrons. The molecular formula is C17H15ClF3NOS. The lowest BCUT2D eigenvalue weighted by Crippen LogP contribution is -2.15. The number of alkyl halides is 3. The van der Waals surface area contributed by atoms with Gasteiger partial charge in [0.25, 0.3) is 0 Å². The van der Waals surface area contributed by atoms with Crippen LogP contribution in [0.4, 0.5) is 18.9 Å². The summed E-state index contributed by atoms with van der Waals surface area (Å²) in [6, 6.07) is 8.70. The van der Waals surface area contributed by atoms with Gasteiger partial charge in [0.1, 0.15) is 0 Å². The number of hydrogen-bond acceptors (Lipinski definition) is 2. The van der Waals surface area contributed by atoms with Crippen molar-refractivity contribution in [2.24, 2.45) is 0 Å². The molecule has 2 aromatic carbocycles. The van der Waals surface area contributed by atoms with Gasteiger partial charge in [-0.25, -0.2) is 0 Å². The van der Waals surface area contributed by atoms with Crippen LogP contribution in [0.25, 0.3) is 0 Å². The lowest BCUT2D eigenvalue weighted by Gasteiger charge is -2.12. The molecule has 0 aliphatic rings. The van der Waals surface area contributed by atoms with Gasteiger partial charge in [-0.2, -0.15) is 13.2 Å². The summed E-state index contributed by atoms with van der Waals surface area (Å²) >= 11 is 7.18. The lowest BCUT2D eigenvalue weighted by atomic mass is 10.2. The number of carbonyl (C=O) groups excluding carboxylic acids is 1. The van der Waals surface area contributed by atoms with Crippen molar-refractivity contribution in [3.05, 3.63) is 58.1 Å². The van der Waals surface area contributed by atoms with E-state index in [0.29, 0.717) is 0 Å². The highest BCUT2D eigenvalue weighted by Crippen LogP contribution is 2.34. The summed E-state index contributed by atoms with van der Waals surface area (Å²) in [5, 5.41) is 2.49. The quantitative estimate of drug-likeness (QED) is 0.696. The maximum absolute atomic E-state index is 12.7. The molecule has 2 aromatic rings. The normalized spacial score (nSPS) is 11.4. The molecule has 0 saturated heterocycles. The van der Waals surface area contributed by atoms with Crippen LogP contribution in [-0.4, -0.2) is 11.7 Å². The number of aryl methyl sites for hydroxylation is 2. The number of amides is 1. The first-order valence-corrected chi connectivity index (χ1v) is 8.40. The SMILES string of the molecule is Cc1ccc(SCC(=O)Nc2cc(C(F)(F)F)ccc2Cl)c(C)c1. The molecule has 0 atom stereocenters. The van der Waals surface area contributed by atoms with Gasteiger partial charge in [-0.1, -0.05) is 29.3 Å². The Labute approximate surface area is 147 Å². The first-order chi connectivity index (χ1) is 11.2. The van der Waals surface area contributed by atoms with Crippen molar-refractivity contribution in [3.63, 3.8) is 0 Å². The largest absolute Gasteiger partial charge is 0.416 e. The molecule has 0 aliphatic carbocycles. The zero-order valence-electron chi connectivity index (χ0n) is 13.0. The van der Waals surface area contributed by atoms with Crippen molar-refractivity contribution in [2.45, 2.75) is 24.9 Å². The molecule has 0 fully saturated rings. The van der Waals surface area contributed by atoms with Gasteiger partial charge in [0.15, 0.2) is 0 Å². The van der Waals surface area contributed by atoms with Crippen LogP contribution < -0.4 is 5.32 Å². The Hall–Kier alpha value is -1.66. The summed E-state index contributed by atoms with van der Waals surface area (Å²) in [4.78, 5) is 13.0. The Kier molecular flexibility index (Phi) is 5.83. The second-order valence-corrected chi connectivity index (χ2v) is 6.72. The summed E-state index contributed by atoms with van der Waals surface area (Å²) in [5.41, 5.74) is 1.27. The second kappa shape index (κ2) is 7.49. The van der Waals surface area contributed by atoms with E-state index in [9.17, 15) is 18.0 Å². The third-order valence-electron chi connectivity index (χ3n) is 3.26. The van der Waals surface area contributed by atoms with Crippen molar-refractivity contribution < 1.29 is 18.0 Å². The van der Waals surface area contributed by atoms with Crippen LogP contribution in [0.3, 0.4) is 0 Å². The van der Waals surface area contributed by atoms with Crippen LogP contribution in [0.2, 0.25) is 5.02 Å². The highest BCUT2D eigenvalue weighted by molar-refractivity contribution is 8.00. The molecule has 1 N–H and O–H groups in total. The standard InChI is InChI=1S/C17H15ClF3NOS/c1-10-3-6-15(11(2)7-10)24-9-16(23)22-14-8-12(17(19,20)21)4-5-13(14)18/h3-8H,9H2,1-2H3,(H,22,23). The summed E-state index contributed by atoms with van der Waals surface area (Å²) < 4.78 is 38.2. The number of benzene rings is 2. The van der Waals surface area contributed by atoms with E-state index in [4.69, 9.17) is 11.6 Å². The van der Waals surface area contributed by atoms with E-state index < -0.39 is 17.6 Å². The molecular weight excluding hydrogens is 359 g/mol. The number of carbonyl (C=O) groups is 1. The number of halogens is 4. The molecule has 0 aliphatic heterocycles. The van der Waals surface area contributed by atoms with Gasteiger partial charge in [0, 0.05) is 4.90 Å². The first kappa shape index (κ1) is 18.7. The number of nitrogens with one attached hydrogen (secondary N) is 1. The summed E-state index contributed by atoms with van der Waals surface area (Å²) in [6.07, 6.45) is -4.49. The molecule has 7 heteroatoms. The van der Waals surface area contributed by atoms with Crippen molar-refractivity contribution in [1.82, 2.24) is 0 Å². The van der Waals surface area contributed by atoms with Crippen LogP contribution in [0.5, 0.6) is 0 Å². The van der Waals surface area contributed by atoms with Crippen LogP contribution >= 0.6 is 23.4 Å². The zero-order valence-corrected chi connectivity index (χ0v) is 14.6. The number of hydrogen-bond donors (Lipinski definition) is 1. The smallest absolute Gasteiger partial charge is 0.324 e. The van der Waals surface area contributed by atoms with E-state index in [1.165, 1.54) is 11.8 Å². The van der Waals surface area contributed by atoms with Crippen molar-refractivity contribution in [1.29, 1.82) is 0 Å². The minimum Gasteiger partial charge on any atom is -0.324 e. The fraction of sp³-hybridized carbons (Fsp3) is 0.235. The molecule has 24 heavy (non-hydrogen) atoms. The van der Waals surface area contributed by atoms with Gasteiger partial charge in [-0.05, 0) is 43.7 Å². The third-order valence-corrected chi connectivity index (χ3v) is 4.76. The molecule has 2 rings (SSSR count). The predicted octanol–water partition coefficient (Wildman–Crippen LogP) is 5.71. The molecule has 0 unspecified atom stereocenters.